The van der Waals surface area contributed by atoms with Crippen molar-refractivity contribution in [3.8, 4) is 6.07 Å². The zero-order chi connectivity index (χ0) is 11.7. The average Bonchev–Trinajstić information content (AvgIpc) is 2.28. The number of carbonyl (C=O) groups excluding carboxylic acids is 1. The third-order valence-electron chi connectivity index (χ3n) is 2.66. The minimum atomic E-state index is -0.471. The molecule has 0 aliphatic carbocycles. The third-order valence-corrected chi connectivity index (χ3v) is 2.87. The molecular weight excluding hydrogens is 222 g/mol. The number of aryl methyl sites for hydroxylation is 1. The number of fused-ring (bicyclic) bond motifs is 1. The van der Waals surface area contributed by atoms with E-state index in [0.717, 1.165) is 16.3 Å². The molecule has 0 spiro atoms. The molecule has 0 heterocycles. The van der Waals surface area contributed by atoms with Crippen molar-refractivity contribution in [1.29, 1.82) is 5.26 Å². The van der Waals surface area contributed by atoms with E-state index in [1.165, 1.54) is 0 Å². The smallest absolute Gasteiger partial charge is 0.252 e. The first-order valence-corrected chi connectivity index (χ1v) is 5.15. The van der Waals surface area contributed by atoms with Crippen LogP contribution in [-0.4, -0.2) is 5.24 Å². The number of nitriles is 1. The number of rotatable bonds is 1. The summed E-state index contributed by atoms with van der Waals surface area (Å²) in [6.45, 7) is 1.83. The van der Waals surface area contributed by atoms with Gasteiger partial charge in [0, 0.05) is 5.56 Å². The lowest BCUT2D eigenvalue weighted by Crippen LogP contribution is -1.94. The van der Waals surface area contributed by atoms with E-state index in [2.05, 4.69) is 6.07 Å². The van der Waals surface area contributed by atoms with Crippen LogP contribution in [0.1, 0.15) is 21.5 Å². The number of carbonyl (C=O) groups is 1. The van der Waals surface area contributed by atoms with Gasteiger partial charge in [-0.1, -0.05) is 18.2 Å². The Hall–Kier alpha value is -1.85. The molecule has 2 nitrogen and oxygen atoms in total. The van der Waals surface area contributed by atoms with Crippen LogP contribution in [0.2, 0.25) is 0 Å². The van der Waals surface area contributed by atoms with E-state index < -0.39 is 5.24 Å². The third kappa shape index (κ3) is 1.56. The highest BCUT2D eigenvalue weighted by Crippen LogP contribution is 2.25. The Balaban J connectivity index is 2.88. The highest BCUT2D eigenvalue weighted by Gasteiger charge is 2.10. The maximum absolute atomic E-state index is 11.2. The summed E-state index contributed by atoms with van der Waals surface area (Å²) >= 11 is 5.48. The van der Waals surface area contributed by atoms with Crippen LogP contribution in [-0.2, 0) is 0 Å². The first-order valence-electron chi connectivity index (χ1n) is 4.77. The van der Waals surface area contributed by atoms with Gasteiger partial charge in [-0.15, -0.1) is 0 Å². The lowest BCUT2D eigenvalue weighted by molar-refractivity contribution is 0.108. The van der Waals surface area contributed by atoms with E-state index in [4.69, 9.17) is 16.9 Å². The van der Waals surface area contributed by atoms with E-state index in [0.29, 0.717) is 11.1 Å². The normalized spacial score (nSPS) is 10.1. The number of hydrogen-bond acceptors (Lipinski definition) is 2. The molecule has 0 N–H and O–H groups in total. The topological polar surface area (TPSA) is 40.9 Å². The second-order valence-corrected chi connectivity index (χ2v) is 3.87. The van der Waals surface area contributed by atoms with E-state index >= 15 is 0 Å². The Morgan fingerprint density at radius 2 is 2.00 bits per heavy atom. The zero-order valence-corrected chi connectivity index (χ0v) is 9.38. The number of halogens is 1. The molecular formula is C13H8ClNO. The fourth-order valence-electron chi connectivity index (χ4n) is 1.82. The zero-order valence-electron chi connectivity index (χ0n) is 8.62. The van der Waals surface area contributed by atoms with Crippen molar-refractivity contribution >= 4 is 27.6 Å². The van der Waals surface area contributed by atoms with E-state index in [1.54, 1.807) is 24.3 Å². The van der Waals surface area contributed by atoms with Crippen LogP contribution in [0.4, 0.5) is 0 Å². The quantitative estimate of drug-likeness (QED) is 0.704. The van der Waals surface area contributed by atoms with Crippen molar-refractivity contribution in [3.05, 3.63) is 47.0 Å². The van der Waals surface area contributed by atoms with Crippen molar-refractivity contribution in [2.24, 2.45) is 0 Å². The highest BCUT2D eigenvalue weighted by molar-refractivity contribution is 6.68. The second-order valence-electron chi connectivity index (χ2n) is 3.52. The Bertz CT molecular complexity index is 626. The van der Waals surface area contributed by atoms with Gasteiger partial charge in [0.05, 0.1) is 11.6 Å². The molecule has 0 saturated heterocycles. The van der Waals surface area contributed by atoms with Crippen LogP contribution in [0, 0.1) is 18.3 Å². The van der Waals surface area contributed by atoms with Crippen molar-refractivity contribution < 1.29 is 4.79 Å². The first kappa shape index (κ1) is 10.7. The van der Waals surface area contributed by atoms with Crippen LogP contribution in [0.25, 0.3) is 10.8 Å². The molecule has 78 valence electrons. The molecule has 2 aromatic rings. The van der Waals surface area contributed by atoms with Gasteiger partial charge in [0.2, 0.25) is 0 Å². The summed E-state index contributed by atoms with van der Waals surface area (Å²) in [4.78, 5) is 11.2. The van der Waals surface area contributed by atoms with Crippen molar-refractivity contribution in [3.63, 3.8) is 0 Å². The van der Waals surface area contributed by atoms with Crippen molar-refractivity contribution in [1.82, 2.24) is 0 Å². The van der Waals surface area contributed by atoms with Crippen LogP contribution >= 0.6 is 11.6 Å². The molecule has 0 fully saturated rings. The fourth-order valence-corrected chi connectivity index (χ4v) is 2.02. The molecule has 0 unspecified atom stereocenters. The molecule has 3 heteroatoms. The van der Waals surface area contributed by atoms with Gasteiger partial charge in [-0.2, -0.15) is 5.26 Å². The van der Waals surface area contributed by atoms with Crippen LogP contribution < -0.4 is 0 Å². The van der Waals surface area contributed by atoms with Gasteiger partial charge in [0.15, 0.2) is 0 Å². The van der Waals surface area contributed by atoms with Gasteiger partial charge < -0.3 is 0 Å². The monoisotopic (exact) mass is 229 g/mol. The van der Waals surface area contributed by atoms with Gasteiger partial charge in [0.1, 0.15) is 0 Å². The van der Waals surface area contributed by atoms with Gasteiger partial charge in [-0.05, 0) is 47.0 Å². The molecule has 0 bridgehead atoms. The molecule has 0 aliphatic rings. The minimum absolute atomic E-state index is 0.471. The fraction of sp³-hybridized carbons (Fsp3) is 0.0769. The number of benzene rings is 2. The van der Waals surface area contributed by atoms with Crippen molar-refractivity contribution in [2.45, 2.75) is 6.92 Å². The summed E-state index contributed by atoms with van der Waals surface area (Å²) in [5.74, 6) is 0. The summed E-state index contributed by atoms with van der Waals surface area (Å²) in [5.41, 5.74) is 1.91. The summed E-state index contributed by atoms with van der Waals surface area (Å²) in [7, 11) is 0. The van der Waals surface area contributed by atoms with E-state index in [1.807, 2.05) is 13.0 Å². The SMILES string of the molecule is Cc1c(C(=O)Cl)ccc2c(C#N)cccc12. The summed E-state index contributed by atoms with van der Waals surface area (Å²) in [6, 6.07) is 11.0. The lowest BCUT2D eigenvalue weighted by atomic mass is 9.98. The lowest BCUT2D eigenvalue weighted by Gasteiger charge is -2.06. The first-order chi connectivity index (χ1) is 7.65. The maximum Gasteiger partial charge on any atom is 0.252 e. The van der Waals surface area contributed by atoms with Gasteiger partial charge in [0.25, 0.3) is 5.24 Å². The molecule has 2 aromatic carbocycles. The molecule has 0 aliphatic heterocycles. The largest absolute Gasteiger partial charge is 0.276 e. The van der Waals surface area contributed by atoms with Crippen LogP contribution in [0.3, 0.4) is 0 Å². The van der Waals surface area contributed by atoms with Crippen LogP contribution in [0.5, 0.6) is 0 Å². The predicted octanol–water partition coefficient (Wildman–Crippen LogP) is 3.40. The molecule has 0 radical (unpaired) electrons. The standard InChI is InChI=1S/C13H8ClNO/c1-8-10-4-2-3-9(7-15)12(10)6-5-11(8)13(14)16/h2-6H,1H3. The summed E-state index contributed by atoms with van der Waals surface area (Å²) in [6.07, 6.45) is 0. The molecule has 2 rings (SSSR count). The van der Waals surface area contributed by atoms with E-state index in [9.17, 15) is 4.79 Å². The Labute approximate surface area is 98.1 Å². The van der Waals surface area contributed by atoms with Gasteiger partial charge in [-0.3, -0.25) is 4.79 Å². The maximum atomic E-state index is 11.2. The highest BCUT2D eigenvalue weighted by atomic mass is 35.5. The van der Waals surface area contributed by atoms with Gasteiger partial charge in [-0.25, -0.2) is 0 Å². The molecule has 0 atom stereocenters. The number of nitrogens with zero attached hydrogens (tertiary/aromatic N) is 1. The second kappa shape index (κ2) is 3.96. The van der Waals surface area contributed by atoms with Gasteiger partial charge >= 0.3 is 0 Å². The summed E-state index contributed by atoms with van der Waals surface area (Å²) in [5, 5.41) is 10.2. The Morgan fingerprint density at radius 1 is 1.25 bits per heavy atom. The number of hydrogen-bond donors (Lipinski definition) is 0. The predicted molar refractivity (Wildman–Crippen MR) is 63.6 cm³/mol. The average molecular weight is 230 g/mol. The molecule has 0 amide bonds. The van der Waals surface area contributed by atoms with E-state index in [-0.39, 0.29) is 0 Å². The molecule has 0 aromatic heterocycles. The molecule has 0 saturated carbocycles. The Kier molecular flexibility index (Phi) is 2.64. The molecule has 16 heavy (non-hydrogen) atoms. The van der Waals surface area contributed by atoms with Crippen LogP contribution in [0.15, 0.2) is 30.3 Å². The van der Waals surface area contributed by atoms with Crippen molar-refractivity contribution in [2.75, 3.05) is 0 Å². The minimum Gasteiger partial charge on any atom is -0.276 e. The summed E-state index contributed by atoms with van der Waals surface area (Å²) < 4.78 is 0. The Morgan fingerprint density at radius 3 is 2.62 bits per heavy atom.